The zero-order chi connectivity index (χ0) is 15.8. The van der Waals surface area contributed by atoms with E-state index in [0.717, 1.165) is 32.5 Å². The van der Waals surface area contributed by atoms with Crippen molar-refractivity contribution in [3.8, 4) is 11.3 Å². The van der Waals surface area contributed by atoms with Crippen LogP contribution in [0.4, 0.5) is 4.39 Å². The van der Waals surface area contributed by atoms with Gasteiger partial charge in [-0.25, -0.2) is 4.39 Å². The largest absolute Gasteiger partial charge is 0.451 e. The Labute approximate surface area is 133 Å². The normalized spacial score (nSPS) is 26.2. The molecular formula is C17H18FN3O2. The maximum Gasteiger partial charge on any atom is 0.287 e. The Morgan fingerprint density at radius 2 is 2.13 bits per heavy atom. The molecule has 0 spiro atoms. The maximum atomic E-state index is 13.8. The minimum Gasteiger partial charge on any atom is -0.451 e. The summed E-state index contributed by atoms with van der Waals surface area (Å²) in [6, 6.07) is 4.63. The number of carbonyl (C=O) groups excluding carboxylic acids is 1. The van der Waals surface area contributed by atoms with Gasteiger partial charge in [-0.15, -0.1) is 0 Å². The number of hydrogen-bond acceptors (Lipinski definition) is 4. The molecule has 0 aromatic carbocycles. The molecule has 5 rings (SSSR count). The van der Waals surface area contributed by atoms with Gasteiger partial charge in [0, 0.05) is 25.0 Å². The van der Waals surface area contributed by atoms with Gasteiger partial charge in [0.1, 0.15) is 11.6 Å². The van der Waals surface area contributed by atoms with Crippen molar-refractivity contribution >= 4 is 5.91 Å². The number of nitrogens with zero attached hydrogens (tertiary/aromatic N) is 2. The molecule has 3 aliphatic heterocycles. The molecule has 0 saturated carbocycles. The van der Waals surface area contributed by atoms with Gasteiger partial charge in [0.25, 0.3) is 5.91 Å². The highest BCUT2D eigenvalue weighted by Gasteiger charge is 2.35. The Hall–Kier alpha value is -2.21. The third-order valence-electron chi connectivity index (χ3n) is 4.84. The Morgan fingerprint density at radius 3 is 2.83 bits per heavy atom. The summed E-state index contributed by atoms with van der Waals surface area (Å²) in [6.07, 6.45) is 5.04. The number of amides is 1. The number of halogens is 1. The fourth-order valence-corrected chi connectivity index (χ4v) is 3.53. The van der Waals surface area contributed by atoms with Crippen molar-refractivity contribution in [1.82, 2.24) is 15.2 Å². The lowest BCUT2D eigenvalue weighted by Gasteiger charge is -2.44. The van der Waals surface area contributed by atoms with Crippen molar-refractivity contribution in [2.45, 2.75) is 18.9 Å². The van der Waals surface area contributed by atoms with E-state index in [4.69, 9.17) is 4.42 Å². The first-order valence-electron chi connectivity index (χ1n) is 7.93. The number of carbonyl (C=O) groups is 1. The van der Waals surface area contributed by atoms with E-state index in [1.165, 1.54) is 18.5 Å². The summed E-state index contributed by atoms with van der Waals surface area (Å²) >= 11 is 0. The minimum atomic E-state index is -0.418. The van der Waals surface area contributed by atoms with Gasteiger partial charge >= 0.3 is 0 Å². The van der Waals surface area contributed by atoms with Crippen molar-refractivity contribution < 1.29 is 13.6 Å². The molecule has 5 nitrogen and oxygen atoms in total. The Balaban J connectivity index is 1.48. The number of aromatic nitrogens is 1. The second-order valence-electron chi connectivity index (χ2n) is 6.24. The number of fused-ring (bicyclic) bond motifs is 3. The Morgan fingerprint density at radius 1 is 1.30 bits per heavy atom. The Kier molecular flexibility index (Phi) is 3.61. The van der Waals surface area contributed by atoms with Gasteiger partial charge in [-0.3, -0.25) is 9.78 Å². The second kappa shape index (κ2) is 5.77. The van der Waals surface area contributed by atoms with E-state index in [9.17, 15) is 9.18 Å². The van der Waals surface area contributed by atoms with E-state index >= 15 is 0 Å². The number of furan rings is 1. The zero-order valence-electron chi connectivity index (χ0n) is 12.7. The molecule has 120 valence electrons. The van der Waals surface area contributed by atoms with Gasteiger partial charge in [0.05, 0.1) is 5.56 Å². The molecule has 2 aromatic rings. The molecule has 5 heterocycles. The lowest BCUT2D eigenvalue weighted by atomic mass is 9.84. The molecule has 1 amide bonds. The fraction of sp³-hybridized carbons (Fsp3) is 0.412. The van der Waals surface area contributed by atoms with Crippen LogP contribution < -0.4 is 5.32 Å². The molecule has 1 N–H and O–H groups in total. The van der Waals surface area contributed by atoms with Crippen molar-refractivity contribution in [3.05, 3.63) is 42.2 Å². The van der Waals surface area contributed by atoms with E-state index in [1.54, 1.807) is 12.1 Å². The van der Waals surface area contributed by atoms with E-state index in [2.05, 4.69) is 15.2 Å². The standard InChI is InChI=1S/C17H18FN3O2/c18-13-3-6-19-9-12(13)15-1-2-16(23-15)17(22)20-14-10-21-7-4-11(14)5-8-21/h1-3,6,9,11,14H,4-5,7-8,10H2,(H,20,22). The number of hydrogen-bond donors (Lipinski definition) is 1. The third kappa shape index (κ3) is 2.74. The van der Waals surface area contributed by atoms with Crippen LogP contribution in [0.25, 0.3) is 11.3 Å². The van der Waals surface area contributed by atoms with Crippen LogP contribution in [-0.4, -0.2) is 41.5 Å². The SMILES string of the molecule is O=C(NC1CN2CCC1CC2)c1ccc(-c2cnccc2F)o1. The average molecular weight is 315 g/mol. The van der Waals surface area contributed by atoms with Crippen molar-refractivity contribution in [3.63, 3.8) is 0 Å². The average Bonchev–Trinajstić information content (AvgIpc) is 3.06. The predicted molar refractivity (Wildman–Crippen MR) is 82.3 cm³/mol. The summed E-state index contributed by atoms with van der Waals surface area (Å²) in [5, 5.41) is 3.06. The first-order chi connectivity index (χ1) is 11.2. The number of piperidine rings is 3. The van der Waals surface area contributed by atoms with Crippen LogP contribution >= 0.6 is 0 Å². The first kappa shape index (κ1) is 14.4. The van der Waals surface area contributed by atoms with Gasteiger partial charge < -0.3 is 14.6 Å². The molecule has 3 aliphatic rings. The van der Waals surface area contributed by atoms with Gasteiger partial charge in [0.15, 0.2) is 5.76 Å². The van der Waals surface area contributed by atoms with Crippen molar-refractivity contribution in [2.75, 3.05) is 19.6 Å². The van der Waals surface area contributed by atoms with Crippen LogP contribution in [0.15, 0.2) is 35.0 Å². The zero-order valence-corrected chi connectivity index (χ0v) is 12.7. The number of pyridine rings is 1. The molecule has 0 aliphatic carbocycles. The molecule has 3 fully saturated rings. The van der Waals surface area contributed by atoms with Crippen molar-refractivity contribution in [1.29, 1.82) is 0 Å². The number of rotatable bonds is 3. The molecule has 1 atom stereocenters. The molecule has 3 saturated heterocycles. The summed E-state index contributed by atoms with van der Waals surface area (Å²) in [7, 11) is 0. The third-order valence-corrected chi connectivity index (χ3v) is 4.84. The van der Waals surface area contributed by atoms with Crippen LogP contribution in [-0.2, 0) is 0 Å². The highest BCUT2D eigenvalue weighted by atomic mass is 19.1. The molecule has 6 heteroatoms. The van der Waals surface area contributed by atoms with Crippen LogP contribution in [0.2, 0.25) is 0 Å². The summed E-state index contributed by atoms with van der Waals surface area (Å²) < 4.78 is 19.3. The summed E-state index contributed by atoms with van der Waals surface area (Å²) in [5.41, 5.74) is 0.259. The summed E-state index contributed by atoms with van der Waals surface area (Å²) in [5.74, 6) is 0.418. The molecule has 0 radical (unpaired) electrons. The minimum absolute atomic E-state index is 0.175. The molecule has 1 unspecified atom stereocenters. The summed E-state index contributed by atoms with van der Waals surface area (Å²) in [6.45, 7) is 3.16. The topological polar surface area (TPSA) is 58.4 Å². The van der Waals surface area contributed by atoms with E-state index in [-0.39, 0.29) is 23.3 Å². The van der Waals surface area contributed by atoms with Gasteiger partial charge in [0.2, 0.25) is 0 Å². The maximum absolute atomic E-state index is 13.8. The second-order valence-corrected chi connectivity index (χ2v) is 6.24. The fourth-order valence-electron chi connectivity index (χ4n) is 3.53. The first-order valence-corrected chi connectivity index (χ1v) is 7.93. The molecule has 2 aromatic heterocycles. The van der Waals surface area contributed by atoms with E-state index < -0.39 is 5.82 Å². The lowest BCUT2D eigenvalue weighted by molar-refractivity contribution is 0.0606. The van der Waals surface area contributed by atoms with E-state index in [0.29, 0.717) is 11.7 Å². The van der Waals surface area contributed by atoms with Gasteiger partial charge in [-0.1, -0.05) is 0 Å². The monoisotopic (exact) mass is 315 g/mol. The van der Waals surface area contributed by atoms with Crippen LogP contribution in [0.3, 0.4) is 0 Å². The highest BCUT2D eigenvalue weighted by molar-refractivity contribution is 5.92. The Bertz CT molecular complexity index is 722. The van der Waals surface area contributed by atoms with Gasteiger partial charge in [-0.2, -0.15) is 0 Å². The van der Waals surface area contributed by atoms with Gasteiger partial charge in [-0.05, 0) is 50.0 Å². The molecular weight excluding hydrogens is 297 g/mol. The van der Waals surface area contributed by atoms with Crippen LogP contribution in [0.5, 0.6) is 0 Å². The summed E-state index contributed by atoms with van der Waals surface area (Å²) in [4.78, 5) is 18.7. The van der Waals surface area contributed by atoms with E-state index in [1.807, 2.05) is 0 Å². The quantitative estimate of drug-likeness (QED) is 0.944. The van der Waals surface area contributed by atoms with Crippen molar-refractivity contribution in [2.24, 2.45) is 5.92 Å². The predicted octanol–water partition coefficient (Wildman–Crippen LogP) is 2.30. The lowest BCUT2D eigenvalue weighted by Crippen LogP contribution is -2.57. The smallest absolute Gasteiger partial charge is 0.287 e. The van der Waals surface area contributed by atoms with Crippen LogP contribution in [0.1, 0.15) is 23.4 Å². The molecule has 2 bridgehead atoms. The molecule has 23 heavy (non-hydrogen) atoms. The van der Waals surface area contributed by atoms with Crippen LogP contribution in [0, 0.1) is 11.7 Å². The number of nitrogens with one attached hydrogen (secondary N) is 1. The highest BCUT2D eigenvalue weighted by Crippen LogP contribution is 2.28.